The fourth-order valence-electron chi connectivity index (χ4n) is 2.43. The van der Waals surface area contributed by atoms with Gasteiger partial charge in [0.2, 0.25) is 0 Å². The van der Waals surface area contributed by atoms with E-state index >= 15 is 0 Å². The molecule has 0 aliphatic heterocycles. The third kappa shape index (κ3) is 6.23. The molecule has 1 N–H and O–H groups in total. The molecule has 1 rings (SSSR count). The Morgan fingerprint density at radius 1 is 1.00 bits per heavy atom. The maximum Gasteiger partial charge on any atom is 0.166 e. The second-order valence-corrected chi connectivity index (χ2v) is 5.67. The largest absolute Gasteiger partial charge is 0.507 e. The van der Waals surface area contributed by atoms with Crippen LogP contribution in [0.1, 0.15) is 80.6 Å². The number of benzene rings is 1. The van der Waals surface area contributed by atoms with Crippen LogP contribution in [0.4, 0.5) is 0 Å². The van der Waals surface area contributed by atoms with Crippen molar-refractivity contribution in [1.82, 2.24) is 0 Å². The Morgan fingerprint density at radius 3 is 2.25 bits per heavy atom. The van der Waals surface area contributed by atoms with E-state index in [1.165, 1.54) is 38.5 Å². The van der Waals surface area contributed by atoms with Crippen molar-refractivity contribution in [2.24, 2.45) is 0 Å². The Labute approximate surface area is 123 Å². The number of ketones is 1. The predicted octanol–water partition coefficient (Wildman–Crippen LogP) is 5.41. The van der Waals surface area contributed by atoms with Crippen molar-refractivity contribution >= 4 is 5.78 Å². The fraction of sp³-hybridized carbons (Fsp3) is 0.611. The number of unbranched alkanes of at least 4 members (excludes halogenated alkanes) is 7. The minimum Gasteiger partial charge on any atom is -0.507 e. The monoisotopic (exact) mass is 276 g/mol. The average Bonchev–Trinajstić information content (AvgIpc) is 2.44. The minimum atomic E-state index is 0.0668. The third-order valence-electron chi connectivity index (χ3n) is 3.71. The minimum absolute atomic E-state index is 0.0668. The first-order valence-corrected chi connectivity index (χ1v) is 7.98. The summed E-state index contributed by atoms with van der Waals surface area (Å²) in [7, 11) is 0. The molecule has 0 heterocycles. The maximum atomic E-state index is 12.0. The van der Waals surface area contributed by atoms with Crippen molar-refractivity contribution in [3.8, 4) is 5.75 Å². The van der Waals surface area contributed by atoms with Gasteiger partial charge in [-0.15, -0.1) is 0 Å². The maximum absolute atomic E-state index is 12.0. The molecule has 0 fully saturated rings. The summed E-state index contributed by atoms with van der Waals surface area (Å²) in [4.78, 5) is 12.0. The lowest BCUT2D eigenvalue weighted by Crippen LogP contribution is -2.00. The molecule has 0 aliphatic rings. The van der Waals surface area contributed by atoms with Gasteiger partial charge in [-0.1, -0.05) is 63.5 Å². The van der Waals surface area contributed by atoms with Crippen LogP contribution < -0.4 is 0 Å². The highest BCUT2D eigenvalue weighted by atomic mass is 16.3. The van der Waals surface area contributed by atoms with Gasteiger partial charge in [-0.25, -0.2) is 0 Å². The zero-order valence-corrected chi connectivity index (χ0v) is 13.0. The number of carbonyl (C=O) groups is 1. The molecule has 0 saturated heterocycles. The Hall–Kier alpha value is -1.31. The number of Topliss-reactive ketones (excluding diaryl/α,β-unsaturated/α-hetero) is 1. The quantitative estimate of drug-likeness (QED) is 0.458. The van der Waals surface area contributed by atoms with Crippen LogP contribution in [0, 0.1) is 6.92 Å². The van der Waals surface area contributed by atoms with Crippen LogP contribution in [-0.2, 0) is 0 Å². The highest BCUT2D eigenvalue weighted by molar-refractivity contribution is 5.98. The highest BCUT2D eigenvalue weighted by Crippen LogP contribution is 2.21. The molecule has 0 spiro atoms. The first kappa shape index (κ1) is 16.7. The Morgan fingerprint density at radius 2 is 1.60 bits per heavy atom. The summed E-state index contributed by atoms with van der Waals surface area (Å²) in [5.41, 5.74) is 1.50. The van der Waals surface area contributed by atoms with Crippen molar-refractivity contribution in [1.29, 1.82) is 0 Å². The summed E-state index contributed by atoms with van der Waals surface area (Å²) in [6.07, 6.45) is 10.4. The molecule has 1 aromatic carbocycles. The second-order valence-electron chi connectivity index (χ2n) is 5.67. The van der Waals surface area contributed by atoms with Crippen LogP contribution in [0.3, 0.4) is 0 Å². The normalized spacial score (nSPS) is 10.7. The fourth-order valence-corrected chi connectivity index (χ4v) is 2.43. The van der Waals surface area contributed by atoms with Gasteiger partial charge in [-0.05, 0) is 25.5 Å². The molecule has 112 valence electrons. The van der Waals surface area contributed by atoms with Crippen LogP contribution in [0.25, 0.3) is 0 Å². The molecule has 0 bridgehead atoms. The first-order valence-electron chi connectivity index (χ1n) is 7.98. The van der Waals surface area contributed by atoms with Gasteiger partial charge < -0.3 is 5.11 Å². The smallest absolute Gasteiger partial charge is 0.166 e. The van der Waals surface area contributed by atoms with Crippen LogP contribution >= 0.6 is 0 Å². The lowest BCUT2D eigenvalue weighted by Gasteiger charge is -2.05. The third-order valence-corrected chi connectivity index (χ3v) is 3.71. The summed E-state index contributed by atoms with van der Waals surface area (Å²) in [6.45, 7) is 4.17. The van der Waals surface area contributed by atoms with Gasteiger partial charge in [0.05, 0.1) is 5.56 Å². The Balaban J connectivity index is 2.18. The molecule has 1 aromatic rings. The van der Waals surface area contributed by atoms with Crippen molar-refractivity contribution < 1.29 is 9.90 Å². The van der Waals surface area contributed by atoms with Gasteiger partial charge in [-0.3, -0.25) is 4.79 Å². The van der Waals surface area contributed by atoms with Gasteiger partial charge >= 0.3 is 0 Å². The molecule has 2 heteroatoms. The molecular formula is C18H28O2. The number of phenolic OH excluding ortho intramolecular Hbond substituents is 1. The number of aromatic hydroxyl groups is 1. The van der Waals surface area contributed by atoms with E-state index in [0.717, 1.165) is 18.4 Å². The van der Waals surface area contributed by atoms with Crippen molar-refractivity contribution in [2.45, 2.75) is 71.6 Å². The van der Waals surface area contributed by atoms with E-state index in [4.69, 9.17) is 0 Å². The second kappa shape index (κ2) is 9.57. The van der Waals surface area contributed by atoms with Crippen molar-refractivity contribution in [3.63, 3.8) is 0 Å². The number of hydrogen-bond donors (Lipinski definition) is 1. The average molecular weight is 276 g/mol. The summed E-state index contributed by atoms with van der Waals surface area (Å²) < 4.78 is 0. The van der Waals surface area contributed by atoms with Crippen LogP contribution in [0.15, 0.2) is 18.2 Å². The number of phenols is 1. The van der Waals surface area contributed by atoms with E-state index in [2.05, 4.69) is 6.92 Å². The lowest BCUT2D eigenvalue weighted by atomic mass is 10.0. The molecule has 0 atom stereocenters. The standard InChI is InChI=1S/C18H28O2/c1-3-4-5-6-7-8-9-10-11-17(19)16-14-15(2)12-13-18(16)20/h12-14,20H,3-11H2,1-2H3. The summed E-state index contributed by atoms with van der Waals surface area (Å²) >= 11 is 0. The molecule has 20 heavy (non-hydrogen) atoms. The number of rotatable bonds is 10. The molecule has 0 aliphatic carbocycles. The number of aryl methyl sites for hydroxylation is 1. The van der Waals surface area contributed by atoms with E-state index in [9.17, 15) is 9.90 Å². The van der Waals surface area contributed by atoms with Gasteiger partial charge in [0.15, 0.2) is 5.78 Å². The van der Waals surface area contributed by atoms with E-state index < -0.39 is 0 Å². The molecule has 2 nitrogen and oxygen atoms in total. The number of hydrogen-bond acceptors (Lipinski definition) is 2. The van der Waals surface area contributed by atoms with E-state index in [1.807, 2.05) is 13.0 Å². The van der Waals surface area contributed by atoms with Gasteiger partial charge in [0.25, 0.3) is 0 Å². The SMILES string of the molecule is CCCCCCCCCCC(=O)c1cc(C)ccc1O. The summed E-state index contributed by atoms with van der Waals surface area (Å²) in [5.74, 6) is 0.178. The van der Waals surface area contributed by atoms with Gasteiger partial charge in [0, 0.05) is 6.42 Å². The van der Waals surface area contributed by atoms with Crippen LogP contribution in [0.2, 0.25) is 0 Å². The molecule has 0 aromatic heterocycles. The van der Waals surface area contributed by atoms with E-state index in [1.54, 1.807) is 12.1 Å². The van der Waals surface area contributed by atoms with Gasteiger partial charge in [-0.2, -0.15) is 0 Å². The van der Waals surface area contributed by atoms with Crippen LogP contribution in [0.5, 0.6) is 5.75 Å². The lowest BCUT2D eigenvalue weighted by molar-refractivity contribution is 0.0976. The topological polar surface area (TPSA) is 37.3 Å². The van der Waals surface area contributed by atoms with Crippen molar-refractivity contribution in [3.05, 3.63) is 29.3 Å². The van der Waals surface area contributed by atoms with E-state index in [-0.39, 0.29) is 11.5 Å². The molecular weight excluding hydrogens is 248 g/mol. The molecule has 0 saturated carbocycles. The molecule has 0 radical (unpaired) electrons. The Bertz CT molecular complexity index is 410. The van der Waals surface area contributed by atoms with Crippen molar-refractivity contribution in [2.75, 3.05) is 0 Å². The molecule has 0 amide bonds. The molecule has 0 unspecified atom stereocenters. The van der Waals surface area contributed by atoms with Crippen LogP contribution in [-0.4, -0.2) is 10.9 Å². The first-order chi connectivity index (χ1) is 9.65. The summed E-state index contributed by atoms with van der Waals surface area (Å²) in [6, 6.07) is 5.21. The summed E-state index contributed by atoms with van der Waals surface area (Å²) in [5, 5.41) is 9.71. The zero-order chi connectivity index (χ0) is 14.8. The Kier molecular flexibility index (Phi) is 8.01. The van der Waals surface area contributed by atoms with Gasteiger partial charge in [0.1, 0.15) is 5.75 Å². The zero-order valence-electron chi connectivity index (χ0n) is 13.0. The van der Waals surface area contributed by atoms with E-state index in [0.29, 0.717) is 12.0 Å². The number of carbonyl (C=O) groups excluding carboxylic acids is 1. The predicted molar refractivity (Wildman–Crippen MR) is 84.4 cm³/mol. The highest BCUT2D eigenvalue weighted by Gasteiger charge is 2.10.